The molecular weight excluding hydrogens is 190 g/mol. The highest BCUT2D eigenvalue weighted by molar-refractivity contribution is 5.78. The van der Waals surface area contributed by atoms with Crippen LogP contribution in [0.4, 0.5) is 0 Å². The molecule has 0 fully saturated rings. The molecule has 0 saturated carbocycles. The van der Waals surface area contributed by atoms with Crippen molar-refractivity contribution in [1.29, 1.82) is 0 Å². The first-order valence-electron chi connectivity index (χ1n) is 5.24. The van der Waals surface area contributed by atoms with Gasteiger partial charge in [0.05, 0.1) is 0 Å². The number of hydrogen-bond donors (Lipinski definition) is 1. The first-order valence-corrected chi connectivity index (χ1v) is 5.24. The lowest BCUT2D eigenvalue weighted by Gasteiger charge is -2.12. The molecule has 1 aliphatic carbocycles. The Kier molecular flexibility index (Phi) is 2.62. The number of carbonyl (C=O) groups is 1. The number of hydrogen-bond acceptors (Lipinski definition) is 2. The van der Waals surface area contributed by atoms with Gasteiger partial charge >= 0.3 is 0 Å². The molecule has 1 aromatic carbocycles. The molecule has 0 aromatic heterocycles. The van der Waals surface area contributed by atoms with Gasteiger partial charge in [0.1, 0.15) is 5.75 Å². The first kappa shape index (κ1) is 10.0. The molecule has 3 heteroatoms. The summed E-state index contributed by atoms with van der Waals surface area (Å²) in [6.07, 6.45) is 2.91. The van der Waals surface area contributed by atoms with E-state index in [-0.39, 0.29) is 0 Å². The number of carbonyl (C=O) groups excluding carboxylic acids is 1. The largest absolute Gasteiger partial charge is 0.481 e. The lowest BCUT2D eigenvalue weighted by Crippen LogP contribution is -2.30. The van der Waals surface area contributed by atoms with Crippen LogP contribution in [0.3, 0.4) is 0 Å². The Morgan fingerprint density at radius 3 is 2.87 bits per heavy atom. The van der Waals surface area contributed by atoms with Gasteiger partial charge in [-0.25, -0.2) is 0 Å². The summed E-state index contributed by atoms with van der Waals surface area (Å²) in [5.74, 6) is 0.303. The second-order valence-corrected chi connectivity index (χ2v) is 3.95. The van der Waals surface area contributed by atoms with E-state index in [9.17, 15) is 4.79 Å². The molecule has 80 valence electrons. The lowest BCUT2D eigenvalue weighted by atomic mass is 10.1. The van der Waals surface area contributed by atoms with Crippen LogP contribution < -0.4 is 10.5 Å². The van der Waals surface area contributed by atoms with E-state index >= 15 is 0 Å². The molecule has 15 heavy (non-hydrogen) atoms. The molecular formula is C12H15NO2. The summed E-state index contributed by atoms with van der Waals surface area (Å²) in [6.45, 7) is 1.66. The van der Waals surface area contributed by atoms with Crippen LogP contribution in [-0.4, -0.2) is 12.0 Å². The maximum absolute atomic E-state index is 10.8. The van der Waals surface area contributed by atoms with Crippen molar-refractivity contribution >= 4 is 5.91 Å². The normalized spacial score (nSPS) is 15.8. The smallest absolute Gasteiger partial charge is 0.258 e. The van der Waals surface area contributed by atoms with Gasteiger partial charge in [0.25, 0.3) is 5.91 Å². The predicted octanol–water partition coefficient (Wildman–Crippen LogP) is 1.43. The fourth-order valence-electron chi connectivity index (χ4n) is 1.88. The van der Waals surface area contributed by atoms with Crippen molar-refractivity contribution < 1.29 is 9.53 Å². The summed E-state index contributed by atoms with van der Waals surface area (Å²) in [5.41, 5.74) is 7.87. The van der Waals surface area contributed by atoms with Crippen LogP contribution in [0.25, 0.3) is 0 Å². The zero-order chi connectivity index (χ0) is 10.8. The third-order valence-corrected chi connectivity index (χ3v) is 2.78. The predicted molar refractivity (Wildman–Crippen MR) is 57.8 cm³/mol. The van der Waals surface area contributed by atoms with Crippen molar-refractivity contribution in [3.63, 3.8) is 0 Å². The summed E-state index contributed by atoms with van der Waals surface area (Å²) in [4.78, 5) is 10.8. The van der Waals surface area contributed by atoms with Crippen LogP contribution in [0.15, 0.2) is 18.2 Å². The molecule has 1 amide bonds. The van der Waals surface area contributed by atoms with Gasteiger partial charge in [-0.15, -0.1) is 0 Å². The molecule has 1 atom stereocenters. The van der Waals surface area contributed by atoms with Crippen LogP contribution in [0.2, 0.25) is 0 Å². The van der Waals surface area contributed by atoms with E-state index in [1.807, 2.05) is 12.1 Å². The SMILES string of the molecule is CC(Oc1ccc2c(c1)CCC2)C(N)=O. The first-order chi connectivity index (χ1) is 7.16. The van der Waals surface area contributed by atoms with E-state index in [2.05, 4.69) is 6.07 Å². The minimum atomic E-state index is -0.565. The third kappa shape index (κ3) is 2.12. The Labute approximate surface area is 89.2 Å². The third-order valence-electron chi connectivity index (χ3n) is 2.78. The molecule has 0 bridgehead atoms. The highest BCUT2D eigenvalue weighted by Gasteiger charge is 2.14. The minimum absolute atomic E-state index is 0.435. The Bertz CT molecular complexity index is 387. The second kappa shape index (κ2) is 3.93. The Hall–Kier alpha value is -1.51. The van der Waals surface area contributed by atoms with Gasteiger partial charge in [-0.1, -0.05) is 6.07 Å². The van der Waals surface area contributed by atoms with Crippen molar-refractivity contribution in [2.75, 3.05) is 0 Å². The van der Waals surface area contributed by atoms with Crippen LogP contribution in [0.5, 0.6) is 5.75 Å². The number of aryl methyl sites for hydroxylation is 2. The van der Waals surface area contributed by atoms with E-state index in [4.69, 9.17) is 10.5 Å². The summed E-state index contributed by atoms with van der Waals surface area (Å²) in [6, 6.07) is 6.00. The molecule has 0 radical (unpaired) electrons. The number of benzene rings is 1. The van der Waals surface area contributed by atoms with E-state index < -0.39 is 12.0 Å². The molecule has 0 heterocycles. The average Bonchev–Trinajstić information content (AvgIpc) is 2.64. The van der Waals surface area contributed by atoms with Crippen molar-refractivity contribution in [2.45, 2.75) is 32.3 Å². The number of rotatable bonds is 3. The van der Waals surface area contributed by atoms with Gasteiger partial charge in [0.2, 0.25) is 0 Å². The van der Waals surface area contributed by atoms with Crippen molar-refractivity contribution in [3.8, 4) is 5.75 Å². The van der Waals surface area contributed by atoms with Gasteiger partial charge in [-0.3, -0.25) is 4.79 Å². The van der Waals surface area contributed by atoms with Crippen LogP contribution in [0, 0.1) is 0 Å². The van der Waals surface area contributed by atoms with Gasteiger partial charge < -0.3 is 10.5 Å². The van der Waals surface area contributed by atoms with E-state index in [0.717, 1.165) is 18.6 Å². The van der Waals surface area contributed by atoms with E-state index in [1.165, 1.54) is 17.5 Å². The minimum Gasteiger partial charge on any atom is -0.481 e. The zero-order valence-electron chi connectivity index (χ0n) is 8.82. The fraction of sp³-hybridized carbons (Fsp3) is 0.417. The standard InChI is InChI=1S/C12H15NO2/c1-8(12(13)14)15-11-6-5-9-3-2-4-10(9)7-11/h5-8H,2-4H2,1H3,(H2,13,14). The molecule has 2 rings (SSSR count). The number of primary amides is 1. The summed E-state index contributed by atoms with van der Waals surface area (Å²) < 4.78 is 5.43. The van der Waals surface area contributed by atoms with E-state index in [0.29, 0.717) is 0 Å². The monoisotopic (exact) mass is 205 g/mol. The van der Waals surface area contributed by atoms with Crippen LogP contribution in [-0.2, 0) is 17.6 Å². The van der Waals surface area contributed by atoms with Gasteiger partial charge in [-0.05, 0) is 49.4 Å². The highest BCUT2D eigenvalue weighted by Crippen LogP contribution is 2.26. The molecule has 3 nitrogen and oxygen atoms in total. The van der Waals surface area contributed by atoms with Gasteiger partial charge in [-0.2, -0.15) is 0 Å². The van der Waals surface area contributed by atoms with Crippen LogP contribution in [0.1, 0.15) is 24.5 Å². The number of nitrogens with two attached hydrogens (primary N) is 1. The summed E-state index contributed by atoms with van der Waals surface area (Å²) >= 11 is 0. The van der Waals surface area contributed by atoms with E-state index in [1.54, 1.807) is 6.92 Å². The zero-order valence-corrected chi connectivity index (χ0v) is 8.82. The van der Waals surface area contributed by atoms with Crippen molar-refractivity contribution in [3.05, 3.63) is 29.3 Å². The molecule has 0 aliphatic heterocycles. The molecule has 0 saturated heterocycles. The molecule has 2 N–H and O–H groups in total. The maximum Gasteiger partial charge on any atom is 0.258 e. The van der Waals surface area contributed by atoms with Crippen molar-refractivity contribution in [2.24, 2.45) is 5.73 Å². The number of amides is 1. The summed E-state index contributed by atoms with van der Waals surface area (Å²) in [7, 11) is 0. The summed E-state index contributed by atoms with van der Waals surface area (Å²) in [5, 5.41) is 0. The van der Waals surface area contributed by atoms with Gasteiger partial charge in [0, 0.05) is 0 Å². The Morgan fingerprint density at radius 2 is 2.13 bits per heavy atom. The maximum atomic E-state index is 10.8. The van der Waals surface area contributed by atoms with Crippen LogP contribution >= 0.6 is 0 Å². The Balaban J connectivity index is 2.13. The second-order valence-electron chi connectivity index (χ2n) is 3.95. The number of fused-ring (bicyclic) bond motifs is 1. The topological polar surface area (TPSA) is 52.3 Å². The van der Waals surface area contributed by atoms with Gasteiger partial charge in [0.15, 0.2) is 6.10 Å². The Morgan fingerprint density at radius 1 is 1.40 bits per heavy atom. The fourth-order valence-corrected chi connectivity index (χ4v) is 1.88. The highest BCUT2D eigenvalue weighted by atomic mass is 16.5. The number of ether oxygens (including phenoxy) is 1. The average molecular weight is 205 g/mol. The van der Waals surface area contributed by atoms with Crippen molar-refractivity contribution in [1.82, 2.24) is 0 Å². The quantitative estimate of drug-likeness (QED) is 0.811. The molecule has 1 aliphatic rings. The molecule has 1 aromatic rings. The lowest BCUT2D eigenvalue weighted by molar-refractivity contribution is -0.123. The molecule has 1 unspecified atom stereocenters. The molecule has 0 spiro atoms.